The highest BCUT2D eigenvalue weighted by Gasteiger charge is 2.18. The summed E-state index contributed by atoms with van der Waals surface area (Å²) in [6.45, 7) is 2.24. The molecule has 0 aliphatic carbocycles. The first-order chi connectivity index (χ1) is 15.1. The van der Waals surface area contributed by atoms with Gasteiger partial charge in [-0.3, -0.25) is 9.59 Å². The van der Waals surface area contributed by atoms with Crippen LogP contribution in [0.25, 0.3) is 0 Å². The van der Waals surface area contributed by atoms with E-state index in [0.29, 0.717) is 35.0 Å². The lowest BCUT2D eigenvalue weighted by Crippen LogP contribution is -2.30. The average Bonchev–Trinajstić information content (AvgIpc) is 3.26. The minimum atomic E-state index is -0.770. The standard InChI is InChI=1S/C24H22N2O5/c1-16(23(27)26-19-10-11-21-22(13-19)30-15-29-21)31-20-9-5-8-18(12-20)24(28)25-14-17-6-3-2-4-7-17/h2-13,16H,14-15H2,1H3,(H,25,28)(H,26,27)/t16-/m0/s1. The largest absolute Gasteiger partial charge is 0.481 e. The van der Waals surface area contributed by atoms with Crippen molar-refractivity contribution in [2.45, 2.75) is 19.6 Å². The van der Waals surface area contributed by atoms with Gasteiger partial charge in [0.2, 0.25) is 6.79 Å². The molecule has 0 aromatic heterocycles. The molecule has 31 heavy (non-hydrogen) atoms. The third-order valence-corrected chi connectivity index (χ3v) is 4.71. The zero-order valence-corrected chi connectivity index (χ0v) is 17.0. The fourth-order valence-corrected chi connectivity index (χ4v) is 3.07. The van der Waals surface area contributed by atoms with E-state index in [9.17, 15) is 9.59 Å². The van der Waals surface area contributed by atoms with Crippen LogP contribution in [0.3, 0.4) is 0 Å². The van der Waals surface area contributed by atoms with E-state index in [4.69, 9.17) is 14.2 Å². The predicted molar refractivity (Wildman–Crippen MR) is 115 cm³/mol. The quantitative estimate of drug-likeness (QED) is 0.610. The molecule has 0 spiro atoms. The summed E-state index contributed by atoms with van der Waals surface area (Å²) >= 11 is 0. The van der Waals surface area contributed by atoms with E-state index < -0.39 is 6.10 Å². The van der Waals surface area contributed by atoms with Gasteiger partial charge >= 0.3 is 0 Å². The number of anilines is 1. The van der Waals surface area contributed by atoms with Crippen molar-refractivity contribution < 1.29 is 23.8 Å². The van der Waals surface area contributed by atoms with E-state index in [-0.39, 0.29) is 18.6 Å². The molecular formula is C24H22N2O5. The molecule has 0 unspecified atom stereocenters. The molecule has 158 valence electrons. The summed E-state index contributed by atoms with van der Waals surface area (Å²) in [4.78, 5) is 25.0. The summed E-state index contributed by atoms with van der Waals surface area (Å²) in [5, 5.41) is 5.66. The third-order valence-electron chi connectivity index (χ3n) is 4.71. The Morgan fingerprint density at radius 2 is 1.77 bits per heavy atom. The van der Waals surface area contributed by atoms with Crippen molar-refractivity contribution in [1.82, 2.24) is 5.32 Å². The number of rotatable bonds is 7. The van der Waals surface area contributed by atoms with Gasteiger partial charge in [-0.15, -0.1) is 0 Å². The Hall–Kier alpha value is -4.00. The molecule has 1 atom stereocenters. The molecule has 2 N–H and O–H groups in total. The zero-order chi connectivity index (χ0) is 21.6. The Bertz CT molecular complexity index is 1080. The Morgan fingerprint density at radius 3 is 2.61 bits per heavy atom. The Labute approximate surface area is 179 Å². The van der Waals surface area contributed by atoms with E-state index in [1.165, 1.54) is 0 Å². The molecule has 7 nitrogen and oxygen atoms in total. The number of carbonyl (C=O) groups is 2. The summed E-state index contributed by atoms with van der Waals surface area (Å²) in [5.74, 6) is 1.12. The normalized spacial score (nSPS) is 12.7. The topological polar surface area (TPSA) is 85.9 Å². The molecule has 0 radical (unpaired) electrons. The van der Waals surface area contributed by atoms with Crippen molar-refractivity contribution in [1.29, 1.82) is 0 Å². The molecule has 2 amide bonds. The summed E-state index contributed by atoms with van der Waals surface area (Å²) in [6.07, 6.45) is -0.770. The zero-order valence-electron chi connectivity index (χ0n) is 17.0. The van der Waals surface area contributed by atoms with Gasteiger partial charge in [-0.05, 0) is 42.8 Å². The van der Waals surface area contributed by atoms with Gasteiger partial charge < -0.3 is 24.8 Å². The molecule has 1 aliphatic rings. The van der Waals surface area contributed by atoms with Crippen molar-refractivity contribution >= 4 is 17.5 Å². The van der Waals surface area contributed by atoms with Crippen LogP contribution in [0.2, 0.25) is 0 Å². The van der Waals surface area contributed by atoms with E-state index in [2.05, 4.69) is 10.6 Å². The number of benzene rings is 3. The van der Waals surface area contributed by atoms with Gasteiger partial charge in [0, 0.05) is 23.9 Å². The van der Waals surface area contributed by atoms with Gasteiger partial charge in [-0.1, -0.05) is 36.4 Å². The minimum Gasteiger partial charge on any atom is -0.481 e. The maximum Gasteiger partial charge on any atom is 0.265 e. The van der Waals surface area contributed by atoms with Crippen LogP contribution in [0.1, 0.15) is 22.8 Å². The number of nitrogens with one attached hydrogen (secondary N) is 2. The molecule has 0 saturated heterocycles. The highest BCUT2D eigenvalue weighted by molar-refractivity contribution is 5.95. The molecule has 0 saturated carbocycles. The number of amides is 2. The minimum absolute atomic E-state index is 0.168. The summed E-state index contributed by atoms with van der Waals surface area (Å²) in [5.41, 5.74) is 2.05. The summed E-state index contributed by atoms with van der Waals surface area (Å²) in [7, 11) is 0. The van der Waals surface area contributed by atoms with Crippen LogP contribution >= 0.6 is 0 Å². The highest BCUT2D eigenvalue weighted by Crippen LogP contribution is 2.34. The van der Waals surface area contributed by atoms with Crippen molar-refractivity contribution in [2.75, 3.05) is 12.1 Å². The van der Waals surface area contributed by atoms with Crippen LogP contribution in [0.15, 0.2) is 72.8 Å². The first kappa shape index (κ1) is 20.3. The van der Waals surface area contributed by atoms with Crippen LogP contribution in [-0.4, -0.2) is 24.7 Å². The second-order valence-corrected chi connectivity index (χ2v) is 7.01. The molecule has 1 aliphatic heterocycles. The molecule has 7 heteroatoms. The van der Waals surface area contributed by atoms with Crippen molar-refractivity contribution in [3.05, 3.63) is 83.9 Å². The molecule has 1 heterocycles. The first-order valence-corrected chi connectivity index (χ1v) is 9.88. The number of ether oxygens (including phenoxy) is 3. The van der Waals surface area contributed by atoms with Gasteiger partial charge in [0.05, 0.1) is 0 Å². The second kappa shape index (κ2) is 9.21. The van der Waals surface area contributed by atoms with E-state index >= 15 is 0 Å². The van der Waals surface area contributed by atoms with Gasteiger partial charge in [0.1, 0.15) is 5.75 Å². The Kier molecular flexibility index (Phi) is 6.03. The number of hydrogen-bond acceptors (Lipinski definition) is 5. The SMILES string of the molecule is C[C@H](Oc1cccc(C(=O)NCc2ccccc2)c1)C(=O)Nc1ccc2c(c1)OCO2. The maximum atomic E-state index is 12.5. The lowest BCUT2D eigenvalue weighted by Gasteiger charge is -2.15. The first-order valence-electron chi connectivity index (χ1n) is 9.88. The van der Waals surface area contributed by atoms with E-state index in [0.717, 1.165) is 5.56 Å². The van der Waals surface area contributed by atoms with Crippen molar-refractivity contribution in [3.63, 3.8) is 0 Å². The van der Waals surface area contributed by atoms with Gasteiger partial charge in [-0.2, -0.15) is 0 Å². The maximum absolute atomic E-state index is 12.5. The lowest BCUT2D eigenvalue weighted by molar-refractivity contribution is -0.122. The predicted octanol–water partition coefficient (Wildman–Crippen LogP) is 3.75. The lowest BCUT2D eigenvalue weighted by atomic mass is 10.2. The molecule has 3 aromatic rings. The van der Waals surface area contributed by atoms with Crippen LogP contribution in [0.5, 0.6) is 17.2 Å². The van der Waals surface area contributed by atoms with Gasteiger partial charge in [0.25, 0.3) is 11.8 Å². The monoisotopic (exact) mass is 418 g/mol. The highest BCUT2D eigenvalue weighted by atomic mass is 16.7. The second-order valence-electron chi connectivity index (χ2n) is 7.01. The molecular weight excluding hydrogens is 396 g/mol. The molecule has 0 fully saturated rings. The Morgan fingerprint density at radius 1 is 0.968 bits per heavy atom. The smallest absolute Gasteiger partial charge is 0.265 e. The average molecular weight is 418 g/mol. The van der Waals surface area contributed by atoms with Crippen LogP contribution < -0.4 is 24.8 Å². The number of fused-ring (bicyclic) bond motifs is 1. The fourth-order valence-electron chi connectivity index (χ4n) is 3.07. The van der Waals surface area contributed by atoms with E-state index in [1.807, 2.05) is 30.3 Å². The number of carbonyl (C=O) groups excluding carboxylic acids is 2. The van der Waals surface area contributed by atoms with Crippen LogP contribution in [-0.2, 0) is 11.3 Å². The molecule has 4 rings (SSSR count). The van der Waals surface area contributed by atoms with Crippen LogP contribution in [0.4, 0.5) is 5.69 Å². The van der Waals surface area contributed by atoms with E-state index in [1.54, 1.807) is 49.4 Å². The van der Waals surface area contributed by atoms with Crippen molar-refractivity contribution in [2.24, 2.45) is 0 Å². The molecule has 0 bridgehead atoms. The fraction of sp³-hybridized carbons (Fsp3) is 0.167. The third kappa shape index (κ3) is 5.14. The summed E-state index contributed by atoms with van der Waals surface area (Å²) in [6, 6.07) is 21.6. The van der Waals surface area contributed by atoms with Gasteiger partial charge in [0.15, 0.2) is 17.6 Å². The Balaban J connectivity index is 1.34. The van der Waals surface area contributed by atoms with Crippen molar-refractivity contribution in [3.8, 4) is 17.2 Å². The number of hydrogen-bond donors (Lipinski definition) is 2. The summed E-state index contributed by atoms with van der Waals surface area (Å²) < 4.78 is 16.3. The molecule has 3 aromatic carbocycles. The van der Waals surface area contributed by atoms with Crippen LogP contribution in [0, 0.1) is 0 Å². The van der Waals surface area contributed by atoms with Gasteiger partial charge in [-0.25, -0.2) is 0 Å².